The molecular weight excluding hydrogens is 328 g/mol. The summed E-state index contributed by atoms with van der Waals surface area (Å²) in [6.45, 7) is 3.71. The Morgan fingerprint density at radius 2 is 2.04 bits per heavy atom. The van der Waals surface area contributed by atoms with Gasteiger partial charge in [-0.15, -0.1) is 0 Å². The molecule has 3 aliphatic heterocycles. The smallest absolute Gasteiger partial charge is 0.335 e. The van der Waals surface area contributed by atoms with Crippen LogP contribution < -0.4 is 5.32 Å². The molecule has 0 bridgehead atoms. The van der Waals surface area contributed by atoms with Gasteiger partial charge in [-0.3, -0.25) is 9.69 Å². The van der Waals surface area contributed by atoms with Gasteiger partial charge in [0.05, 0.1) is 18.1 Å². The van der Waals surface area contributed by atoms with E-state index in [0.717, 1.165) is 43.7 Å². The zero-order valence-corrected chi connectivity index (χ0v) is 15.3. The Kier molecular flexibility index (Phi) is 3.21. The number of hydrogen-bond donors (Lipinski definition) is 1. The average molecular weight is 352 g/mol. The second kappa shape index (κ2) is 5.19. The number of hydrogen-bond acceptors (Lipinski definition) is 5. The first-order valence-corrected chi connectivity index (χ1v) is 9.48. The lowest BCUT2D eigenvalue weighted by atomic mass is 9.53. The number of carbonyl (C=O) groups excluding carboxylic acids is 2. The van der Waals surface area contributed by atoms with Gasteiger partial charge in [-0.1, -0.05) is 18.2 Å². The molecule has 0 amide bonds. The molecule has 2 saturated heterocycles. The van der Waals surface area contributed by atoms with Crippen molar-refractivity contribution in [1.29, 1.82) is 0 Å². The fourth-order valence-electron chi connectivity index (χ4n) is 6.32. The summed E-state index contributed by atoms with van der Waals surface area (Å²) in [5, 5.41) is 3.55. The Balaban J connectivity index is 1.84. The van der Waals surface area contributed by atoms with Gasteiger partial charge in [0, 0.05) is 22.8 Å². The molecule has 0 saturated carbocycles. The van der Waals surface area contributed by atoms with E-state index in [-0.39, 0.29) is 23.2 Å². The number of benzene rings is 1. The van der Waals surface area contributed by atoms with E-state index < -0.39 is 5.41 Å². The number of nitrogens with zero attached hydrogens (tertiary/aromatic N) is 1. The number of fused-ring (bicyclic) bond motifs is 1. The first-order chi connectivity index (χ1) is 12.5. The molecular formula is C21H24N2O3. The number of para-hydroxylation sites is 1. The number of piperidine rings is 1. The molecule has 26 heavy (non-hydrogen) atoms. The summed E-state index contributed by atoms with van der Waals surface area (Å²) in [5.74, 6) is -0.0962. The third kappa shape index (κ3) is 1.70. The third-order valence-electron chi connectivity index (χ3n) is 7.26. The maximum Gasteiger partial charge on any atom is 0.335 e. The van der Waals surface area contributed by atoms with Crippen molar-refractivity contribution < 1.29 is 14.3 Å². The normalized spacial score (nSPS) is 34.6. The van der Waals surface area contributed by atoms with E-state index in [0.29, 0.717) is 12.0 Å². The van der Waals surface area contributed by atoms with E-state index in [1.807, 2.05) is 6.07 Å². The fraction of sp³-hybridized carbons (Fsp3) is 0.524. The third-order valence-corrected chi connectivity index (χ3v) is 7.26. The van der Waals surface area contributed by atoms with Gasteiger partial charge in [-0.25, -0.2) is 4.79 Å². The van der Waals surface area contributed by atoms with E-state index in [4.69, 9.17) is 4.74 Å². The summed E-state index contributed by atoms with van der Waals surface area (Å²) in [5.41, 5.74) is 3.15. The van der Waals surface area contributed by atoms with Crippen LogP contribution in [0.5, 0.6) is 0 Å². The highest BCUT2D eigenvalue weighted by Gasteiger charge is 2.68. The van der Waals surface area contributed by atoms with Crippen LogP contribution in [0.3, 0.4) is 0 Å². The SMILES string of the molecule is COC(=O)C1=C2Nc3ccccc3C23CCN2CCCC(C(C)=O)(C1)C23. The van der Waals surface area contributed by atoms with Crippen LogP contribution in [0.2, 0.25) is 0 Å². The van der Waals surface area contributed by atoms with E-state index in [2.05, 4.69) is 28.4 Å². The number of Topliss-reactive ketones (excluding diaryl/α,β-unsaturated/α-hetero) is 1. The summed E-state index contributed by atoms with van der Waals surface area (Å²) < 4.78 is 5.14. The van der Waals surface area contributed by atoms with Gasteiger partial charge in [0.15, 0.2) is 0 Å². The van der Waals surface area contributed by atoms with Gasteiger partial charge in [0.2, 0.25) is 0 Å². The van der Waals surface area contributed by atoms with Crippen LogP contribution in [-0.4, -0.2) is 42.9 Å². The minimum Gasteiger partial charge on any atom is -0.466 e. The molecule has 0 aromatic heterocycles. The van der Waals surface area contributed by atoms with Crippen LogP contribution in [-0.2, 0) is 19.7 Å². The summed E-state index contributed by atoms with van der Waals surface area (Å²) in [7, 11) is 1.43. The second-order valence-corrected chi connectivity index (χ2v) is 8.17. The standard InChI is InChI=1S/C21H24N2O3/c1-13(24)20-8-5-10-23-11-9-21(19(20)23)15-6-3-4-7-16(15)22-17(21)14(12-20)18(25)26-2/h3-4,6-7,19,22H,5,8-12H2,1-2H3. The predicted octanol–water partition coefficient (Wildman–Crippen LogP) is 2.62. The lowest BCUT2D eigenvalue weighted by molar-refractivity contribution is -0.140. The molecule has 5 rings (SSSR count). The lowest BCUT2D eigenvalue weighted by Crippen LogP contribution is -2.62. The van der Waals surface area contributed by atoms with Crippen molar-refractivity contribution in [2.75, 3.05) is 25.5 Å². The number of rotatable bonds is 2. The second-order valence-electron chi connectivity index (χ2n) is 8.17. The van der Waals surface area contributed by atoms with Crippen molar-refractivity contribution in [1.82, 2.24) is 4.90 Å². The average Bonchev–Trinajstić information content (AvgIpc) is 3.21. The zero-order valence-electron chi connectivity index (χ0n) is 15.3. The monoisotopic (exact) mass is 352 g/mol. The minimum absolute atomic E-state index is 0.126. The number of methoxy groups -OCH3 is 1. The Morgan fingerprint density at radius 1 is 1.23 bits per heavy atom. The quantitative estimate of drug-likeness (QED) is 0.829. The number of carbonyl (C=O) groups is 2. The Labute approximate surface area is 153 Å². The molecule has 5 heteroatoms. The molecule has 4 aliphatic rings. The lowest BCUT2D eigenvalue weighted by Gasteiger charge is -2.54. The summed E-state index contributed by atoms with van der Waals surface area (Å²) >= 11 is 0. The molecule has 3 atom stereocenters. The molecule has 5 nitrogen and oxygen atoms in total. The van der Waals surface area contributed by atoms with Crippen LogP contribution >= 0.6 is 0 Å². The summed E-state index contributed by atoms with van der Waals surface area (Å²) in [6.07, 6.45) is 3.27. The van der Waals surface area contributed by atoms with Crippen molar-refractivity contribution in [3.05, 3.63) is 41.1 Å². The zero-order chi connectivity index (χ0) is 18.1. The summed E-state index contributed by atoms with van der Waals surface area (Å²) in [6, 6.07) is 8.44. The van der Waals surface area contributed by atoms with Crippen molar-refractivity contribution in [2.24, 2.45) is 5.41 Å². The number of anilines is 1. The van der Waals surface area contributed by atoms with Gasteiger partial charge >= 0.3 is 5.97 Å². The molecule has 1 aliphatic carbocycles. The number of ketones is 1. The first kappa shape index (κ1) is 16.1. The van der Waals surface area contributed by atoms with Gasteiger partial charge in [0.25, 0.3) is 0 Å². The van der Waals surface area contributed by atoms with E-state index in [9.17, 15) is 9.59 Å². The fourth-order valence-corrected chi connectivity index (χ4v) is 6.32. The van der Waals surface area contributed by atoms with E-state index >= 15 is 0 Å². The van der Waals surface area contributed by atoms with Crippen LogP contribution in [0.25, 0.3) is 0 Å². The molecule has 0 radical (unpaired) electrons. The summed E-state index contributed by atoms with van der Waals surface area (Å²) in [4.78, 5) is 28.2. The minimum atomic E-state index is -0.499. The molecule has 3 unspecified atom stereocenters. The first-order valence-electron chi connectivity index (χ1n) is 9.48. The van der Waals surface area contributed by atoms with Crippen LogP contribution in [0.15, 0.2) is 35.5 Å². The van der Waals surface area contributed by atoms with Gasteiger partial charge in [-0.05, 0) is 57.3 Å². The molecule has 1 spiro atoms. The molecule has 1 N–H and O–H groups in total. The van der Waals surface area contributed by atoms with Gasteiger partial charge in [-0.2, -0.15) is 0 Å². The van der Waals surface area contributed by atoms with Gasteiger partial charge in [0.1, 0.15) is 5.78 Å². The molecule has 1 aromatic carbocycles. The van der Waals surface area contributed by atoms with Gasteiger partial charge < -0.3 is 10.1 Å². The van der Waals surface area contributed by atoms with Crippen molar-refractivity contribution in [2.45, 2.75) is 44.1 Å². The van der Waals surface area contributed by atoms with Crippen LogP contribution in [0.1, 0.15) is 38.2 Å². The Morgan fingerprint density at radius 3 is 2.81 bits per heavy atom. The number of esters is 1. The van der Waals surface area contributed by atoms with Crippen molar-refractivity contribution in [3.63, 3.8) is 0 Å². The van der Waals surface area contributed by atoms with E-state index in [1.165, 1.54) is 12.7 Å². The molecule has 136 valence electrons. The maximum atomic E-state index is 13.0. The van der Waals surface area contributed by atoms with Crippen molar-refractivity contribution in [3.8, 4) is 0 Å². The topological polar surface area (TPSA) is 58.6 Å². The highest BCUT2D eigenvalue weighted by Crippen LogP contribution is 2.64. The predicted molar refractivity (Wildman–Crippen MR) is 97.7 cm³/mol. The van der Waals surface area contributed by atoms with Crippen molar-refractivity contribution >= 4 is 17.4 Å². The van der Waals surface area contributed by atoms with Crippen LogP contribution in [0.4, 0.5) is 5.69 Å². The molecule has 3 heterocycles. The number of ether oxygens (including phenoxy) is 1. The largest absolute Gasteiger partial charge is 0.466 e. The highest BCUT2D eigenvalue weighted by atomic mass is 16.5. The Bertz CT molecular complexity index is 861. The van der Waals surface area contributed by atoms with Crippen LogP contribution in [0, 0.1) is 5.41 Å². The Hall–Kier alpha value is -2.14. The van der Waals surface area contributed by atoms with E-state index in [1.54, 1.807) is 6.92 Å². The number of nitrogens with one attached hydrogen (secondary N) is 1. The molecule has 2 fully saturated rings. The molecule has 1 aromatic rings. The maximum absolute atomic E-state index is 13.0. The highest BCUT2D eigenvalue weighted by molar-refractivity contribution is 5.96.